The number of rotatable bonds is 5. The van der Waals surface area contributed by atoms with Crippen LogP contribution in [0.5, 0.6) is 11.5 Å². The fraction of sp³-hybridized carbons (Fsp3) is 0.143. The summed E-state index contributed by atoms with van der Waals surface area (Å²) in [4.78, 5) is 12.2. The lowest BCUT2D eigenvalue weighted by atomic mass is 10.3. The normalized spacial score (nSPS) is 9.64. The van der Waals surface area contributed by atoms with Crippen molar-refractivity contribution in [2.75, 3.05) is 7.11 Å². The molecule has 0 aliphatic carbocycles. The third-order valence-electron chi connectivity index (χ3n) is 1.38. The van der Waals surface area contributed by atoms with Crippen molar-refractivity contribution < 1.29 is 29.5 Å². The summed E-state index contributed by atoms with van der Waals surface area (Å²) in [6.07, 6.45) is 0. The SMILES string of the molecule is COc1ccc(OOB(O)OO)cc1. The standard InChI is InChI=1S/C7H9BO6/c1-11-6-2-4-7(5-3-6)12-14-8(9)13-10/h2-5,9-10H,1H3. The summed E-state index contributed by atoms with van der Waals surface area (Å²) >= 11 is 0. The molecule has 0 aliphatic heterocycles. The first-order valence-corrected chi connectivity index (χ1v) is 3.72. The van der Waals surface area contributed by atoms with E-state index in [4.69, 9.17) is 15.0 Å². The Balaban J connectivity index is 2.43. The summed E-state index contributed by atoms with van der Waals surface area (Å²) in [6.45, 7) is 0. The molecule has 76 valence electrons. The zero-order chi connectivity index (χ0) is 10.4. The van der Waals surface area contributed by atoms with Crippen molar-refractivity contribution in [1.29, 1.82) is 0 Å². The zero-order valence-electron chi connectivity index (χ0n) is 7.41. The summed E-state index contributed by atoms with van der Waals surface area (Å²) in [7, 11) is -0.299. The molecule has 0 radical (unpaired) electrons. The highest BCUT2D eigenvalue weighted by molar-refractivity contribution is 6.33. The van der Waals surface area contributed by atoms with Crippen LogP contribution in [-0.2, 0) is 9.61 Å². The number of methoxy groups -OCH3 is 1. The lowest BCUT2D eigenvalue weighted by Crippen LogP contribution is -2.22. The predicted octanol–water partition coefficient (Wildman–Crippen LogP) is 0.472. The highest BCUT2D eigenvalue weighted by atomic mass is 17.3. The van der Waals surface area contributed by atoms with Gasteiger partial charge in [-0.25, -0.2) is 4.81 Å². The molecule has 0 saturated carbocycles. The third-order valence-corrected chi connectivity index (χ3v) is 1.38. The first-order valence-electron chi connectivity index (χ1n) is 3.72. The Morgan fingerprint density at radius 1 is 1.14 bits per heavy atom. The van der Waals surface area contributed by atoms with Crippen LogP contribution < -0.4 is 9.62 Å². The van der Waals surface area contributed by atoms with E-state index in [1.165, 1.54) is 7.11 Å². The lowest BCUT2D eigenvalue weighted by Gasteiger charge is -2.05. The summed E-state index contributed by atoms with van der Waals surface area (Å²) in [5.41, 5.74) is 0. The van der Waals surface area contributed by atoms with Crippen LogP contribution in [0.3, 0.4) is 0 Å². The minimum absolute atomic E-state index is 0.335. The van der Waals surface area contributed by atoms with Gasteiger partial charge in [0.05, 0.1) is 7.11 Å². The van der Waals surface area contributed by atoms with Gasteiger partial charge in [0, 0.05) is 0 Å². The third kappa shape index (κ3) is 3.23. The van der Waals surface area contributed by atoms with Gasteiger partial charge in [-0.15, -0.1) is 0 Å². The molecule has 0 amide bonds. The van der Waals surface area contributed by atoms with Crippen molar-refractivity contribution in [2.24, 2.45) is 0 Å². The van der Waals surface area contributed by atoms with E-state index >= 15 is 0 Å². The zero-order valence-corrected chi connectivity index (χ0v) is 7.41. The molecule has 2 N–H and O–H groups in total. The molecule has 6 nitrogen and oxygen atoms in total. The fourth-order valence-corrected chi connectivity index (χ4v) is 0.746. The minimum Gasteiger partial charge on any atom is -0.497 e. The van der Waals surface area contributed by atoms with Crippen LogP contribution >= 0.6 is 0 Å². The van der Waals surface area contributed by atoms with Crippen LogP contribution in [0.4, 0.5) is 0 Å². The molecule has 0 fully saturated rings. The molecule has 0 aliphatic rings. The molecule has 0 heterocycles. The summed E-state index contributed by atoms with van der Waals surface area (Å²) in [5.74, 6) is 0.998. The summed E-state index contributed by atoms with van der Waals surface area (Å²) in [5, 5.41) is 16.5. The van der Waals surface area contributed by atoms with Gasteiger partial charge in [-0.2, -0.15) is 4.81 Å². The molecule has 7 heteroatoms. The van der Waals surface area contributed by atoms with Crippen LogP contribution in [0, 0.1) is 0 Å². The van der Waals surface area contributed by atoms with E-state index in [1.807, 2.05) is 0 Å². The molecule has 1 rings (SSSR count). The monoisotopic (exact) mass is 200 g/mol. The van der Waals surface area contributed by atoms with Gasteiger partial charge in [0.25, 0.3) is 0 Å². The van der Waals surface area contributed by atoms with Gasteiger partial charge in [-0.3, -0.25) is 5.26 Å². The van der Waals surface area contributed by atoms with Crippen molar-refractivity contribution in [1.82, 2.24) is 0 Å². The molecule has 0 spiro atoms. The Morgan fingerprint density at radius 3 is 2.21 bits per heavy atom. The maximum atomic E-state index is 8.58. The second-order valence-electron chi connectivity index (χ2n) is 2.27. The van der Waals surface area contributed by atoms with E-state index in [2.05, 4.69) is 14.5 Å². The lowest BCUT2D eigenvalue weighted by molar-refractivity contribution is -0.229. The second kappa shape index (κ2) is 5.45. The number of hydrogen-bond acceptors (Lipinski definition) is 6. The summed E-state index contributed by atoms with van der Waals surface area (Å²) in [6, 6.07) is 6.40. The molecule has 0 saturated heterocycles. The summed E-state index contributed by atoms with van der Waals surface area (Å²) < 4.78 is 4.91. The highest BCUT2D eigenvalue weighted by Crippen LogP contribution is 2.17. The van der Waals surface area contributed by atoms with Crippen LogP contribution in [0.2, 0.25) is 0 Å². The Kier molecular flexibility index (Phi) is 4.21. The van der Waals surface area contributed by atoms with Crippen LogP contribution in [0.1, 0.15) is 0 Å². The maximum Gasteiger partial charge on any atom is 0.703 e. The Morgan fingerprint density at radius 2 is 1.71 bits per heavy atom. The largest absolute Gasteiger partial charge is 0.703 e. The first-order chi connectivity index (χ1) is 6.76. The van der Waals surface area contributed by atoms with Crippen molar-refractivity contribution in [3.8, 4) is 11.5 Å². The van der Waals surface area contributed by atoms with E-state index in [0.717, 1.165) is 0 Å². The van der Waals surface area contributed by atoms with Crippen LogP contribution in [0.25, 0.3) is 0 Å². The molecule has 1 aromatic rings. The van der Waals surface area contributed by atoms with Crippen LogP contribution in [-0.4, -0.2) is 24.7 Å². The predicted molar refractivity (Wildman–Crippen MR) is 46.4 cm³/mol. The molecule has 14 heavy (non-hydrogen) atoms. The van der Waals surface area contributed by atoms with Gasteiger partial charge in [0.1, 0.15) is 5.75 Å². The Hall–Kier alpha value is -1.28. The van der Waals surface area contributed by atoms with E-state index in [9.17, 15) is 0 Å². The molecule has 1 aromatic carbocycles. The number of ether oxygens (including phenoxy) is 1. The van der Waals surface area contributed by atoms with Crippen molar-refractivity contribution in [2.45, 2.75) is 0 Å². The van der Waals surface area contributed by atoms with Crippen molar-refractivity contribution >= 4 is 7.32 Å². The molecule has 0 bridgehead atoms. The van der Waals surface area contributed by atoms with Crippen molar-refractivity contribution in [3.05, 3.63) is 24.3 Å². The molecule has 0 aromatic heterocycles. The van der Waals surface area contributed by atoms with E-state index in [-0.39, 0.29) is 0 Å². The Labute approximate surface area is 80.6 Å². The number of hydrogen-bond donors (Lipinski definition) is 2. The van der Waals surface area contributed by atoms with Gasteiger partial charge in [0.15, 0.2) is 5.75 Å². The van der Waals surface area contributed by atoms with Gasteiger partial charge < -0.3 is 14.6 Å². The first kappa shape index (κ1) is 10.8. The van der Waals surface area contributed by atoms with Gasteiger partial charge >= 0.3 is 7.32 Å². The van der Waals surface area contributed by atoms with Gasteiger partial charge in [-0.1, -0.05) is 0 Å². The fourth-order valence-electron chi connectivity index (χ4n) is 0.746. The second-order valence-corrected chi connectivity index (χ2v) is 2.27. The highest BCUT2D eigenvalue weighted by Gasteiger charge is 2.17. The molecular formula is C7H9BO6. The maximum absolute atomic E-state index is 8.58. The van der Waals surface area contributed by atoms with E-state index < -0.39 is 7.32 Å². The van der Waals surface area contributed by atoms with Crippen LogP contribution in [0.15, 0.2) is 24.3 Å². The molecule has 0 unspecified atom stereocenters. The smallest absolute Gasteiger partial charge is 0.497 e. The Bertz CT molecular complexity index is 263. The average molecular weight is 200 g/mol. The van der Waals surface area contributed by atoms with E-state index in [0.29, 0.717) is 11.5 Å². The quantitative estimate of drug-likeness (QED) is 0.408. The van der Waals surface area contributed by atoms with Crippen molar-refractivity contribution in [3.63, 3.8) is 0 Å². The number of benzene rings is 1. The topological polar surface area (TPSA) is 77.4 Å². The molecule has 0 atom stereocenters. The minimum atomic E-state index is -1.84. The van der Waals surface area contributed by atoms with Gasteiger partial charge in [0.2, 0.25) is 0 Å². The average Bonchev–Trinajstić information content (AvgIpc) is 2.26. The molecular weight excluding hydrogens is 191 g/mol. The van der Waals surface area contributed by atoms with Gasteiger partial charge in [-0.05, 0) is 24.3 Å². The van der Waals surface area contributed by atoms with E-state index in [1.54, 1.807) is 24.3 Å².